The van der Waals surface area contributed by atoms with Crippen molar-refractivity contribution >= 4 is 58.0 Å². The van der Waals surface area contributed by atoms with E-state index in [1.54, 1.807) is 0 Å². The van der Waals surface area contributed by atoms with Gasteiger partial charge in [-0.05, 0) is 73.1 Å². The van der Waals surface area contributed by atoms with Gasteiger partial charge in [-0.15, -0.1) is 0 Å². The first-order valence-corrected chi connectivity index (χ1v) is 18.2. The Bertz CT molecular complexity index is 1870. The first-order valence-electron chi connectivity index (χ1n) is 17.8. The Morgan fingerprint density at radius 1 is 0.741 bits per heavy atom. The molecular formula is C37H48ClNO19. The van der Waals surface area contributed by atoms with Crippen LogP contribution in [0.3, 0.4) is 0 Å². The number of rotatable bonds is 17. The number of nitrogens with one attached hydrogen (secondary N) is 1. The smallest absolute Gasteiger partial charge is 0.253 e. The molecule has 20 nitrogen and oxygen atoms in total. The Morgan fingerprint density at radius 2 is 1.26 bits per heavy atom. The number of hydrogen-bond donors (Lipinski definition) is 8. The fourth-order valence-electron chi connectivity index (χ4n) is 7.17. The Kier molecular flexibility index (Phi) is 14.5. The number of ether oxygens (including phenoxy) is 4. The van der Waals surface area contributed by atoms with Crippen molar-refractivity contribution in [2.75, 3.05) is 6.61 Å². The third-order valence-electron chi connectivity index (χ3n) is 10.7. The number of aliphatic hydroxyl groups excluding tert-OH is 2. The molecule has 2 aliphatic heterocycles. The lowest BCUT2D eigenvalue weighted by Gasteiger charge is -2.60. The Labute approximate surface area is 336 Å². The molecule has 12 atom stereocenters. The SMILES string of the molecule is CCCCOc1ccc(C(=O)N[C@@H]2O[C@H](C(O)C(C)=O)[C@@H](O[C@@H]3O[C@H](C(O)C(C)=O)[C@](O)(C(C)=O)[C@@](O)(C(C)=O)[C@]3(O)C(C)=O)[C@@](O)(C(C)=O)[C@]2(O)C(C)=O)cc1Cl. The van der Waals surface area contributed by atoms with Gasteiger partial charge in [-0.3, -0.25) is 38.4 Å². The van der Waals surface area contributed by atoms with Crippen molar-refractivity contribution in [1.29, 1.82) is 0 Å². The average molecular weight is 846 g/mol. The summed E-state index contributed by atoms with van der Waals surface area (Å²) >= 11 is 6.29. The summed E-state index contributed by atoms with van der Waals surface area (Å²) in [7, 11) is 0. The zero-order valence-electron chi connectivity index (χ0n) is 32.8. The van der Waals surface area contributed by atoms with Crippen LogP contribution in [0.1, 0.15) is 78.6 Å². The third kappa shape index (κ3) is 7.44. The van der Waals surface area contributed by atoms with Gasteiger partial charge in [-0.1, -0.05) is 24.9 Å². The second-order valence-electron chi connectivity index (χ2n) is 14.4. The molecule has 21 heteroatoms. The molecule has 2 aliphatic rings. The van der Waals surface area contributed by atoms with E-state index in [0.717, 1.165) is 19.4 Å². The molecule has 1 aromatic carbocycles. The molecule has 0 spiro atoms. The maximum absolute atomic E-state index is 13.7. The van der Waals surface area contributed by atoms with E-state index in [-0.39, 0.29) is 22.9 Å². The number of carbonyl (C=O) groups excluding carboxylic acids is 8. The number of carbonyl (C=O) groups is 8. The van der Waals surface area contributed by atoms with E-state index >= 15 is 0 Å². The van der Waals surface area contributed by atoms with Gasteiger partial charge in [0.2, 0.25) is 16.8 Å². The molecule has 3 rings (SSSR count). The summed E-state index contributed by atoms with van der Waals surface area (Å²) in [6.45, 7) is 6.34. The van der Waals surface area contributed by atoms with Crippen molar-refractivity contribution in [2.24, 2.45) is 0 Å². The minimum atomic E-state index is -4.12. The van der Waals surface area contributed by atoms with E-state index in [4.69, 9.17) is 30.5 Å². The van der Waals surface area contributed by atoms with Crippen LogP contribution in [0.4, 0.5) is 0 Å². The molecule has 2 saturated heterocycles. The van der Waals surface area contributed by atoms with E-state index in [2.05, 4.69) is 5.32 Å². The Morgan fingerprint density at radius 3 is 1.69 bits per heavy atom. The monoisotopic (exact) mass is 845 g/mol. The quantitative estimate of drug-likeness (QED) is 0.0757. The molecule has 322 valence electrons. The topological polar surface area (TPSA) is 327 Å². The van der Waals surface area contributed by atoms with Crippen molar-refractivity contribution in [3.8, 4) is 5.75 Å². The molecular weight excluding hydrogens is 798 g/mol. The zero-order valence-corrected chi connectivity index (χ0v) is 33.6. The summed E-state index contributed by atoms with van der Waals surface area (Å²) in [6, 6.07) is 3.64. The fraction of sp³-hybridized carbons (Fsp3) is 0.622. The number of ketones is 7. The molecule has 0 aliphatic carbocycles. The van der Waals surface area contributed by atoms with E-state index in [1.165, 1.54) is 12.1 Å². The average Bonchev–Trinajstić information content (AvgIpc) is 3.13. The van der Waals surface area contributed by atoms with Crippen molar-refractivity contribution in [3.63, 3.8) is 0 Å². The highest BCUT2D eigenvalue weighted by Crippen LogP contribution is 2.50. The van der Waals surface area contributed by atoms with Crippen LogP contribution in [-0.2, 0) is 47.8 Å². The zero-order chi connectivity index (χ0) is 44.7. The second kappa shape index (κ2) is 17.3. The minimum Gasteiger partial charge on any atom is -0.492 e. The van der Waals surface area contributed by atoms with Gasteiger partial charge in [0.1, 0.15) is 36.3 Å². The van der Waals surface area contributed by atoms with Crippen LogP contribution >= 0.6 is 11.6 Å². The normalized spacial score (nSPS) is 34.6. The van der Waals surface area contributed by atoms with Crippen molar-refractivity contribution in [2.45, 2.75) is 139 Å². The van der Waals surface area contributed by atoms with E-state index < -0.39 is 117 Å². The van der Waals surface area contributed by atoms with Gasteiger partial charge in [0.05, 0.1) is 11.6 Å². The van der Waals surface area contributed by atoms with Gasteiger partial charge in [-0.25, -0.2) is 0 Å². The maximum Gasteiger partial charge on any atom is 0.253 e. The lowest BCUT2D eigenvalue weighted by atomic mass is 9.60. The maximum atomic E-state index is 13.7. The molecule has 1 amide bonds. The first-order chi connectivity index (χ1) is 26.6. The first kappa shape index (κ1) is 48.4. The van der Waals surface area contributed by atoms with Gasteiger partial charge in [-0.2, -0.15) is 0 Å². The van der Waals surface area contributed by atoms with Crippen LogP contribution in [0.15, 0.2) is 18.2 Å². The largest absolute Gasteiger partial charge is 0.492 e. The molecule has 2 unspecified atom stereocenters. The summed E-state index contributed by atoms with van der Waals surface area (Å²) in [5, 5.41) is 84.3. The molecule has 2 heterocycles. The van der Waals surface area contributed by atoms with Crippen molar-refractivity contribution in [1.82, 2.24) is 5.32 Å². The number of Topliss-reactive ketones (excluding diaryl/α,β-unsaturated/α-hetero) is 7. The third-order valence-corrected chi connectivity index (χ3v) is 11.0. The second-order valence-corrected chi connectivity index (χ2v) is 14.8. The van der Waals surface area contributed by atoms with Crippen LogP contribution < -0.4 is 10.1 Å². The fourth-order valence-corrected chi connectivity index (χ4v) is 7.40. The summed E-state index contributed by atoms with van der Waals surface area (Å²) in [5.41, 5.74) is -19.8. The van der Waals surface area contributed by atoms with E-state index in [9.17, 15) is 74.1 Å². The van der Waals surface area contributed by atoms with E-state index in [1.807, 2.05) is 6.92 Å². The number of amides is 1. The highest BCUT2D eigenvalue weighted by atomic mass is 35.5. The number of hydrogen-bond acceptors (Lipinski definition) is 19. The molecule has 2 fully saturated rings. The van der Waals surface area contributed by atoms with Gasteiger partial charge in [0.15, 0.2) is 64.2 Å². The predicted molar refractivity (Wildman–Crippen MR) is 193 cm³/mol. The van der Waals surface area contributed by atoms with Crippen LogP contribution in [0.25, 0.3) is 0 Å². The van der Waals surface area contributed by atoms with Gasteiger partial charge >= 0.3 is 0 Å². The van der Waals surface area contributed by atoms with Gasteiger partial charge in [0.25, 0.3) is 5.91 Å². The molecule has 0 saturated carbocycles. The lowest BCUT2D eigenvalue weighted by Crippen LogP contribution is -2.88. The highest BCUT2D eigenvalue weighted by Gasteiger charge is 2.81. The van der Waals surface area contributed by atoms with Gasteiger partial charge in [0, 0.05) is 5.56 Å². The predicted octanol–water partition coefficient (Wildman–Crippen LogP) is -2.42. The minimum absolute atomic E-state index is 0.0606. The molecule has 0 radical (unpaired) electrons. The van der Waals surface area contributed by atoms with Crippen LogP contribution in [0, 0.1) is 0 Å². The standard InChI is InChI=1S/C37H48ClNO19/c1-9-10-13-55-24-12-11-22(14-23(24)38)30(49)39-31-35(52,19(6)44)33(50,17(4)42)29(27(56-31)25(47)15(2)40)58-32-36(53,20(7)45)37(54,21(8)46)34(51,18(5)43)28(57-32)26(48)16(3)41/h11-12,14,25-29,31-32,47-48,50-54H,9-10,13H2,1-8H3,(H,39,49)/t25?,26?,27-,28-,29-,31-,32+,33+,34-,35+,36+,37+/m1/s1. The highest BCUT2D eigenvalue weighted by molar-refractivity contribution is 6.32. The number of halogens is 1. The number of benzene rings is 1. The summed E-state index contributed by atoms with van der Waals surface area (Å²) in [5.74, 6) is -11.9. The molecule has 58 heavy (non-hydrogen) atoms. The van der Waals surface area contributed by atoms with Crippen molar-refractivity contribution in [3.05, 3.63) is 28.8 Å². The van der Waals surface area contributed by atoms with E-state index in [0.29, 0.717) is 48.0 Å². The summed E-state index contributed by atoms with van der Waals surface area (Å²) < 4.78 is 22.4. The summed E-state index contributed by atoms with van der Waals surface area (Å²) in [6.07, 6.45) is -17.8. The molecule has 8 N–H and O–H groups in total. The van der Waals surface area contributed by atoms with Gasteiger partial charge < -0.3 is 60.0 Å². The number of aliphatic hydroxyl groups is 7. The Balaban J connectivity index is 2.34. The molecule has 0 aromatic heterocycles. The van der Waals surface area contributed by atoms with Crippen molar-refractivity contribution < 1.29 is 93.0 Å². The van der Waals surface area contributed by atoms with Crippen LogP contribution in [0.5, 0.6) is 5.75 Å². The van der Waals surface area contributed by atoms with Crippen LogP contribution in [0.2, 0.25) is 5.02 Å². The Hall–Kier alpha value is -3.93. The molecule has 1 aromatic rings. The summed E-state index contributed by atoms with van der Waals surface area (Å²) in [4.78, 5) is 106. The molecule has 0 bridgehead atoms. The lowest BCUT2D eigenvalue weighted by molar-refractivity contribution is -0.402. The number of unbranched alkanes of at least 4 members (excludes halogenated alkanes) is 1. The van der Waals surface area contributed by atoms with Crippen LogP contribution in [-0.4, -0.2) is 160 Å².